The third kappa shape index (κ3) is 4.25. The fourth-order valence-electron chi connectivity index (χ4n) is 1.52. The second-order valence-electron chi connectivity index (χ2n) is 5.92. The zero-order valence-corrected chi connectivity index (χ0v) is 11.6. The van der Waals surface area contributed by atoms with E-state index >= 15 is 0 Å². The molecule has 0 aliphatic heterocycles. The predicted molar refractivity (Wildman–Crippen MR) is 71.2 cm³/mol. The first-order valence-electron chi connectivity index (χ1n) is 6.27. The molecule has 3 heteroatoms. The quantitative estimate of drug-likeness (QED) is 0.856. The molecule has 0 aliphatic carbocycles. The average molecular weight is 236 g/mol. The van der Waals surface area contributed by atoms with Crippen LogP contribution in [0.2, 0.25) is 0 Å². The molecule has 0 aliphatic rings. The summed E-state index contributed by atoms with van der Waals surface area (Å²) >= 11 is 0. The molecule has 96 valence electrons. The molecule has 1 amide bonds. The largest absolute Gasteiger partial charge is 0.352 e. The van der Waals surface area contributed by atoms with Gasteiger partial charge in [-0.1, -0.05) is 13.8 Å². The maximum atomic E-state index is 11.8. The molecule has 0 aromatic carbocycles. The minimum Gasteiger partial charge on any atom is -0.352 e. The number of rotatable bonds is 4. The van der Waals surface area contributed by atoms with Gasteiger partial charge in [-0.25, -0.2) is 0 Å². The highest BCUT2D eigenvalue weighted by Gasteiger charge is 2.14. The van der Waals surface area contributed by atoms with Crippen molar-refractivity contribution in [3.63, 3.8) is 0 Å². The number of amides is 1. The van der Waals surface area contributed by atoms with Gasteiger partial charge in [0, 0.05) is 24.5 Å². The average Bonchev–Trinajstić information content (AvgIpc) is 2.64. The molecule has 0 radical (unpaired) electrons. The molecule has 0 atom stereocenters. The zero-order valence-electron chi connectivity index (χ0n) is 11.6. The molecule has 0 unspecified atom stereocenters. The van der Waals surface area contributed by atoms with Crippen LogP contribution in [0.25, 0.3) is 0 Å². The highest BCUT2D eigenvalue weighted by molar-refractivity contribution is 5.94. The van der Waals surface area contributed by atoms with E-state index in [2.05, 4.69) is 44.5 Å². The normalized spacial score (nSPS) is 11.9. The first-order valence-corrected chi connectivity index (χ1v) is 6.27. The van der Waals surface area contributed by atoms with Gasteiger partial charge in [0.2, 0.25) is 0 Å². The van der Waals surface area contributed by atoms with Crippen LogP contribution < -0.4 is 5.32 Å². The van der Waals surface area contributed by atoms with Crippen LogP contribution in [0.5, 0.6) is 0 Å². The van der Waals surface area contributed by atoms with Crippen molar-refractivity contribution < 1.29 is 4.79 Å². The van der Waals surface area contributed by atoms with E-state index < -0.39 is 0 Å². The Balaban J connectivity index is 2.56. The molecule has 0 bridgehead atoms. The SMILES string of the molecule is CC(C)CCNC(=O)c1ccn(C(C)(C)C)c1. The first kappa shape index (κ1) is 13.8. The number of hydrogen-bond acceptors (Lipinski definition) is 1. The van der Waals surface area contributed by atoms with E-state index in [9.17, 15) is 4.79 Å². The molecule has 1 N–H and O–H groups in total. The van der Waals surface area contributed by atoms with Gasteiger partial charge in [-0.3, -0.25) is 4.79 Å². The van der Waals surface area contributed by atoms with Crippen LogP contribution in [0.3, 0.4) is 0 Å². The van der Waals surface area contributed by atoms with Crippen LogP contribution in [0, 0.1) is 5.92 Å². The van der Waals surface area contributed by atoms with Crippen molar-refractivity contribution in [1.29, 1.82) is 0 Å². The summed E-state index contributed by atoms with van der Waals surface area (Å²) in [6.45, 7) is 11.4. The minimum absolute atomic E-state index is 0.0219. The van der Waals surface area contributed by atoms with Crippen molar-refractivity contribution >= 4 is 5.91 Å². The summed E-state index contributed by atoms with van der Waals surface area (Å²) < 4.78 is 2.06. The van der Waals surface area contributed by atoms with Gasteiger partial charge in [0.25, 0.3) is 5.91 Å². The van der Waals surface area contributed by atoms with Gasteiger partial charge in [0.1, 0.15) is 0 Å². The first-order chi connectivity index (χ1) is 7.80. The van der Waals surface area contributed by atoms with E-state index in [0.717, 1.165) is 18.5 Å². The summed E-state index contributed by atoms with van der Waals surface area (Å²) in [4.78, 5) is 11.8. The lowest BCUT2D eigenvalue weighted by atomic mass is 10.1. The number of carbonyl (C=O) groups is 1. The van der Waals surface area contributed by atoms with Crippen LogP contribution in [-0.4, -0.2) is 17.0 Å². The van der Waals surface area contributed by atoms with E-state index in [1.165, 1.54) is 0 Å². The van der Waals surface area contributed by atoms with Gasteiger partial charge in [-0.2, -0.15) is 0 Å². The molecule has 1 aromatic rings. The zero-order chi connectivity index (χ0) is 13.1. The minimum atomic E-state index is 0.0219. The standard InChI is InChI=1S/C14H24N2O/c1-11(2)6-8-15-13(17)12-7-9-16(10-12)14(3,4)5/h7,9-11H,6,8H2,1-5H3,(H,15,17). The van der Waals surface area contributed by atoms with Crippen molar-refractivity contribution in [3.05, 3.63) is 24.0 Å². The highest BCUT2D eigenvalue weighted by Crippen LogP contribution is 2.15. The Morgan fingerprint density at radius 1 is 1.41 bits per heavy atom. The maximum absolute atomic E-state index is 11.8. The third-order valence-corrected chi connectivity index (χ3v) is 2.74. The molecular weight excluding hydrogens is 212 g/mol. The number of nitrogens with one attached hydrogen (secondary N) is 1. The number of carbonyl (C=O) groups excluding carboxylic acids is 1. The Kier molecular flexibility index (Phi) is 4.38. The van der Waals surface area contributed by atoms with E-state index in [-0.39, 0.29) is 11.4 Å². The van der Waals surface area contributed by atoms with Crippen molar-refractivity contribution in [1.82, 2.24) is 9.88 Å². The Labute approximate surface area is 104 Å². The Hall–Kier alpha value is -1.25. The number of nitrogens with zero attached hydrogens (tertiary/aromatic N) is 1. The van der Waals surface area contributed by atoms with E-state index in [0.29, 0.717) is 5.92 Å². The molecule has 0 spiro atoms. The Morgan fingerprint density at radius 2 is 2.06 bits per heavy atom. The highest BCUT2D eigenvalue weighted by atomic mass is 16.1. The van der Waals surface area contributed by atoms with Gasteiger partial charge in [0.15, 0.2) is 0 Å². The van der Waals surface area contributed by atoms with Gasteiger partial charge in [-0.15, -0.1) is 0 Å². The second-order valence-corrected chi connectivity index (χ2v) is 5.92. The topological polar surface area (TPSA) is 34.0 Å². The number of hydrogen-bond donors (Lipinski definition) is 1. The van der Waals surface area contributed by atoms with Gasteiger partial charge in [-0.05, 0) is 39.2 Å². The summed E-state index contributed by atoms with van der Waals surface area (Å²) in [5.74, 6) is 0.642. The molecule has 1 heterocycles. The van der Waals surface area contributed by atoms with Crippen LogP contribution >= 0.6 is 0 Å². The van der Waals surface area contributed by atoms with Crippen molar-refractivity contribution in [2.75, 3.05) is 6.54 Å². The monoisotopic (exact) mass is 236 g/mol. The van der Waals surface area contributed by atoms with Crippen molar-refractivity contribution in [3.8, 4) is 0 Å². The molecule has 1 rings (SSSR count). The Morgan fingerprint density at radius 3 is 2.53 bits per heavy atom. The van der Waals surface area contributed by atoms with Crippen LogP contribution in [-0.2, 0) is 5.54 Å². The summed E-state index contributed by atoms with van der Waals surface area (Å²) in [7, 11) is 0. The maximum Gasteiger partial charge on any atom is 0.252 e. The summed E-state index contributed by atoms with van der Waals surface area (Å²) in [5.41, 5.74) is 0.764. The van der Waals surface area contributed by atoms with Crippen molar-refractivity contribution in [2.24, 2.45) is 5.92 Å². The smallest absolute Gasteiger partial charge is 0.252 e. The fourth-order valence-corrected chi connectivity index (χ4v) is 1.52. The molecule has 0 saturated heterocycles. The molecule has 0 saturated carbocycles. The van der Waals surface area contributed by atoms with Gasteiger partial charge in [0.05, 0.1) is 5.56 Å². The van der Waals surface area contributed by atoms with E-state index in [4.69, 9.17) is 0 Å². The summed E-state index contributed by atoms with van der Waals surface area (Å²) in [6, 6.07) is 1.87. The lowest BCUT2D eigenvalue weighted by Gasteiger charge is -2.20. The predicted octanol–water partition coefficient (Wildman–Crippen LogP) is 3.02. The van der Waals surface area contributed by atoms with Crippen LogP contribution in [0.4, 0.5) is 0 Å². The second kappa shape index (κ2) is 5.39. The summed E-state index contributed by atoms with van der Waals surface area (Å²) in [6.07, 6.45) is 4.88. The van der Waals surface area contributed by atoms with Crippen molar-refractivity contribution in [2.45, 2.75) is 46.6 Å². The number of aromatic nitrogens is 1. The van der Waals surface area contributed by atoms with Crippen LogP contribution in [0.1, 0.15) is 51.4 Å². The molecule has 3 nitrogen and oxygen atoms in total. The van der Waals surface area contributed by atoms with E-state index in [1.54, 1.807) is 0 Å². The van der Waals surface area contributed by atoms with E-state index in [1.807, 2.05) is 18.5 Å². The fraction of sp³-hybridized carbons (Fsp3) is 0.643. The molecule has 0 fully saturated rings. The molecule has 1 aromatic heterocycles. The van der Waals surface area contributed by atoms with Gasteiger partial charge < -0.3 is 9.88 Å². The lowest BCUT2D eigenvalue weighted by Crippen LogP contribution is -2.25. The van der Waals surface area contributed by atoms with Gasteiger partial charge >= 0.3 is 0 Å². The van der Waals surface area contributed by atoms with Crippen LogP contribution in [0.15, 0.2) is 18.5 Å². The molecular formula is C14H24N2O. The Bertz CT molecular complexity index is 372. The third-order valence-electron chi connectivity index (χ3n) is 2.74. The molecule has 17 heavy (non-hydrogen) atoms. The summed E-state index contributed by atoms with van der Waals surface area (Å²) in [5, 5.41) is 2.94. The lowest BCUT2D eigenvalue weighted by molar-refractivity contribution is 0.0952.